The van der Waals surface area contributed by atoms with E-state index < -0.39 is 5.97 Å². The summed E-state index contributed by atoms with van der Waals surface area (Å²) in [4.78, 5) is 11.2. The van der Waals surface area contributed by atoms with Gasteiger partial charge in [0.05, 0.1) is 13.2 Å². The van der Waals surface area contributed by atoms with Crippen LogP contribution in [0.1, 0.15) is 17.5 Å². The summed E-state index contributed by atoms with van der Waals surface area (Å²) in [5.41, 5.74) is 5.29. The van der Waals surface area contributed by atoms with Gasteiger partial charge in [0.15, 0.2) is 0 Å². The standard InChI is InChI=1S/C6H11N5O2/c1-2-13-6(12)5-8-9-10-11(5)4-3-7/h2-4,7H2,1H3. The monoisotopic (exact) mass is 185 g/mol. The van der Waals surface area contributed by atoms with Crippen molar-refractivity contribution < 1.29 is 9.53 Å². The Morgan fingerprint density at radius 3 is 3.08 bits per heavy atom. The highest BCUT2D eigenvalue weighted by molar-refractivity contribution is 5.85. The maximum absolute atomic E-state index is 11.2. The van der Waals surface area contributed by atoms with Crippen LogP contribution in [0.3, 0.4) is 0 Å². The highest BCUT2D eigenvalue weighted by Crippen LogP contribution is 1.94. The van der Waals surface area contributed by atoms with Gasteiger partial charge in [0.1, 0.15) is 0 Å². The first-order valence-corrected chi connectivity index (χ1v) is 3.93. The Hall–Kier alpha value is -1.50. The van der Waals surface area contributed by atoms with Crippen molar-refractivity contribution in [3.63, 3.8) is 0 Å². The Labute approximate surface area is 74.9 Å². The molecule has 0 aromatic carbocycles. The lowest BCUT2D eigenvalue weighted by molar-refractivity contribution is 0.0504. The molecular formula is C6H11N5O2. The molecule has 0 saturated carbocycles. The fourth-order valence-electron chi connectivity index (χ4n) is 0.819. The molecule has 13 heavy (non-hydrogen) atoms. The van der Waals surface area contributed by atoms with E-state index in [0.29, 0.717) is 19.7 Å². The smallest absolute Gasteiger partial charge is 0.378 e. The number of carbonyl (C=O) groups is 1. The summed E-state index contributed by atoms with van der Waals surface area (Å²) in [7, 11) is 0. The minimum atomic E-state index is -0.527. The van der Waals surface area contributed by atoms with Gasteiger partial charge < -0.3 is 10.5 Å². The first kappa shape index (κ1) is 9.59. The molecule has 0 aliphatic heterocycles. The fraction of sp³-hybridized carbons (Fsp3) is 0.667. The normalized spacial score (nSPS) is 10.0. The Kier molecular flexibility index (Phi) is 3.32. The van der Waals surface area contributed by atoms with Gasteiger partial charge in [-0.25, -0.2) is 9.48 Å². The third kappa shape index (κ3) is 2.22. The number of hydrogen-bond acceptors (Lipinski definition) is 6. The first-order valence-electron chi connectivity index (χ1n) is 3.93. The van der Waals surface area contributed by atoms with Crippen LogP contribution in [-0.2, 0) is 11.3 Å². The molecule has 0 spiro atoms. The third-order valence-electron chi connectivity index (χ3n) is 1.33. The molecule has 7 nitrogen and oxygen atoms in total. The van der Waals surface area contributed by atoms with Crippen molar-refractivity contribution in [1.82, 2.24) is 20.2 Å². The molecule has 7 heteroatoms. The van der Waals surface area contributed by atoms with Crippen molar-refractivity contribution in [3.8, 4) is 0 Å². The molecule has 0 fully saturated rings. The molecule has 2 N–H and O–H groups in total. The fourth-order valence-corrected chi connectivity index (χ4v) is 0.819. The molecule has 1 heterocycles. The molecule has 0 atom stereocenters. The van der Waals surface area contributed by atoms with E-state index in [-0.39, 0.29) is 5.82 Å². The second-order valence-electron chi connectivity index (χ2n) is 2.23. The van der Waals surface area contributed by atoms with Crippen LogP contribution >= 0.6 is 0 Å². The first-order chi connectivity index (χ1) is 6.29. The van der Waals surface area contributed by atoms with Crippen LogP contribution < -0.4 is 5.73 Å². The summed E-state index contributed by atoms with van der Waals surface area (Å²) in [5.74, 6) is -0.437. The van der Waals surface area contributed by atoms with Gasteiger partial charge in [0, 0.05) is 6.54 Å². The zero-order valence-corrected chi connectivity index (χ0v) is 7.30. The predicted molar refractivity (Wildman–Crippen MR) is 42.8 cm³/mol. The van der Waals surface area contributed by atoms with E-state index in [1.165, 1.54) is 4.68 Å². The second-order valence-corrected chi connectivity index (χ2v) is 2.23. The Balaban J connectivity index is 2.74. The van der Waals surface area contributed by atoms with E-state index in [4.69, 9.17) is 10.5 Å². The summed E-state index contributed by atoms with van der Waals surface area (Å²) in [6, 6.07) is 0. The summed E-state index contributed by atoms with van der Waals surface area (Å²) in [6.45, 7) is 2.79. The predicted octanol–water partition coefficient (Wildman–Crippen LogP) is -1.19. The zero-order chi connectivity index (χ0) is 9.68. The number of carbonyl (C=O) groups excluding carboxylic acids is 1. The average molecular weight is 185 g/mol. The molecular weight excluding hydrogens is 174 g/mol. The zero-order valence-electron chi connectivity index (χ0n) is 7.30. The van der Waals surface area contributed by atoms with Crippen molar-refractivity contribution >= 4 is 5.97 Å². The lowest BCUT2D eigenvalue weighted by atomic mass is 10.5. The van der Waals surface area contributed by atoms with E-state index in [9.17, 15) is 4.79 Å². The van der Waals surface area contributed by atoms with Crippen LogP contribution in [-0.4, -0.2) is 39.3 Å². The summed E-state index contributed by atoms with van der Waals surface area (Å²) in [5, 5.41) is 10.5. The molecule has 0 aliphatic carbocycles. The van der Waals surface area contributed by atoms with Gasteiger partial charge in [-0.15, -0.1) is 5.10 Å². The number of nitrogens with two attached hydrogens (primary N) is 1. The average Bonchev–Trinajstić information content (AvgIpc) is 2.54. The molecule has 0 amide bonds. The van der Waals surface area contributed by atoms with E-state index in [1.54, 1.807) is 6.92 Å². The molecule has 1 rings (SSSR count). The van der Waals surface area contributed by atoms with E-state index in [0.717, 1.165) is 0 Å². The minimum absolute atomic E-state index is 0.0901. The minimum Gasteiger partial charge on any atom is -0.460 e. The molecule has 1 aromatic rings. The third-order valence-corrected chi connectivity index (χ3v) is 1.33. The molecule has 0 saturated heterocycles. The SMILES string of the molecule is CCOC(=O)c1nnnn1CCN. The lowest BCUT2D eigenvalue weighted by Gasteiger charge is -2.01. The molecule has 0 aliphatic rings. The van der Waals surface area contributed by atoms with Crippen molar-refractivity contribution in [1.29, 1.82) is 0 Å². The van der Waals surface area contributed by atoms with Gasteiger partial charge in [0.2, 0.25) is 0 Å². The van der Waals surface area contributed by atoms with Crippen molar-refractivity contribution in [2.75, 3.05) is 13.2 Å². The van der Waals surface area contributed by atoms with Crippen LogP contribution in [0.15, 0.2) is 0 Å². The molecule has 0 radical (unpaired) electrons. The number of hydrogen-bond donors (Lipinski definition) is 1. The number of ether oxygens (including phenoxy) is 1. The lowest BCUT2D eigenvalue weighted by Crippen LogP contribution is -2.18. The van der Waals surface area contributed by atoms with E-state index in [1.807, 2.05) is 0 Å². The van der Waals surface area contributed by atoms with Gasteiger partial charge in [-0.2, -0.15) is 0 Å². The number of aromatic nitrogens is 4. The molecule has 72 valence electrons. The quantitative estimate of drug-likeness (QED) is 0.592. The molecule has 0 unspecified atom stereocenters. The van der Waals surface area contributed by atoms with Crippen LogP contribution in [0.2, 0.25) is 0 Å². The number of tetrazole rings is 1. The maximum atomic E-state index is 11.2. The summed E-state index contributed by atoms with van der Waals surface area (Å²) in [6.07, 6.45) is 0. The number of rotatable bonds is 4. The molecule has 1 aromatic heterocycles. The maximum Gasteiger partial charge on any atom is 0.378 e. The Bertz CT molecular complexity index is 284. The van der Waals surface area contributed by atoms with Crippen molar-refractivity contribution in [3.05, 3.63) is 5.82 Å². The topological polar surface area (TPSA) is 95.9 Å². The number of nitrogens with zero attached hydrogens (tertiary/aromatic N) is 4. The summed E-state index contributed by atoms with van der Waals surface area (Å²) < 4.78 is 6.05. The van der Waals surface area contributed by atoms with Gasteiger partial charge >= 0.3 is 5.97 Å². The van der Waals surface area contributed by atoms with Crippen LogP contribution in [0.5, 0.6) is 0 Å². The number of esters is 1. The Morgan fingerprint density at radius 2 is 2.46 bits per heavy atom. The summed E-state index contributed by atoms with van der Waals surface area (Å²) >= 11 is 0. The molecule has 0 bridgehead atoms. The van der Waals surface area contributed by atoms with E-state index >= 15 is 0 Å². The van der Waals surface area contributed by atoms with E-state index in [2.05, 4.69) is 15.5 Å². The van der Waals surface area contributed by atoms with Crippen LogP contribution in [0.4, 0.5) is 0 Å². The highest BCUT2D eigenvalue weighted by Gasteiger charge is 2.15. The van der Waals surface area contributed by atoms with Gasteiger partial charge in [-0.3, -0.25) is 0 Å². The van der Waals surface area contributed by atoms with Crippen LogP contribution in [0, 0.1) is 0 Å². The van der Waals surface area contributed by atoms with Crippen molar-refractivity contribution in [2.24, 2.45) is 5.73 Å². The van der Waals surface area contributed by atoms with Gasteiger partial charge in [-0.05, 0) is 17.4 Å². The van der Waals surface area contributed by atoms with Crippen molar-refractivity contribution in [2.45, 2.75) is 13.5 Å². The van der Waals surface area contributed by atoms with Gasteiger partial charge in [0.25, 0.3) is 5.82 Å². The van der Waals surface area contributed by atoms with Crippen LogP contribution in [0.25, 0.3) is 0 Å². The largest absolute Gasteiger partial charge is 0.460 e. The Morgan fingerprint density at radius 1 is 1.69 bits per heavy atom. The second kappa shape index (κ2) is 4.51. The highest BCUT2D eigenvalue weighted by atomic mass is 16.5. The van der Waals surface area contributed by atoms with Gasteiger partial charge in [-0.1, -0.05) is 0 Å².